The average molecular weight is 345 g/mol. The Kier molecular flexibility index (Phi) is 4.53. The zero-order valence-electron chi connectivity index (χ0n) is 12.3. The largest absolute Gasteiger partial charge is 0.379 e. The lowest BCUT2D eigenvalue weighted by Gasteiger charge is -2.36. The number of piperazine rings is 1. The third-order valence-electron chi connectivity index (χ3n) is 3.66. The van der Waals surface area contributed by atoms with Crippen molar-refractivity contribution in [3.05, 3.63) is 18.2 Å². The van der Waals surface area contributed by atoms with E-state index in [1.165, 1.54) is 9.21 Å². The number of halogens is 1. The zero-order valence-corrected chi connectivity index (χ0v) is 13.1. The normalized spacial score (nSPS) is 21.6. The highest BCUT2D eigenvalue weighted by molar-refractivity contribution is 7.86. The minimum Gasteiger partial charge on any atom is -0.379 e. The number of carbonyl (C=O) groups excluding carboxylic acids is 1. The second kappa shape index (κ2) is 6.43. The fourth-order valence-electron chi connectivity index (χ4n) is 2.45. The van der Waals surface area contributed by atoms with Gasteiger partial charge in [-0.3, -0.25) is 9.69 Å². The van der Waals surface area contributed by atoms with Gasteiger partial charge in [-0.05, 0) is 0 Å². The maximum Gasteiger partial charge on any atom is 0.282 e. The quantitative estimate of drug-likeness (QED) is 0.686. The van der Waals surface area contributed by atoms with Crippen LogP contribution < -0.4 is 4.90 Å². The van der Waals surface area contributed by atoms with Gasteiger partial charge in [-0.15, -0.1) is 0 Å². The van der Waals surface area contributed by atoms with Crippen molar-refractivity contribution in [1.82, 2.24) is 18.6 Å². The molecule has 11 heteroatoms. The molecule has 1 aromatic heterocycles. The van der Waals surface area contributed by atoms with Crippen LogP contribution in [0.2, 0.25) is 0 Å². The van der Waals surface area contributed by atoms with Crippen LogP contribution in [-0.2, 0) is 19.7 Å². The molecule has 0 bridgehead atoms. The number of carbonyl (C=O) groups is 1. The molecule has 2 aliphatic heterocycles. The van der Waals surface area contributed by atoms with Gasteiger partial charge < -0.3 is 4.74 Å². The Morgan fingerprint density at radius 2 is 1.70 bits per heavy atom. The van der Waals surface area contributed by atoms with Crippen LogP contribution in [0, 0.1) is 5.82 Å². The number of rotatable bonds is 3. The number of hydrogen-bond donors (Lipinski definition) is 0. The van der Waals surface area contributed by atoms with Crippen LogP contribution in [0.3, 0.4) is 0 Å². The summed E-state index contributed by atoms with van der Waals surface area (Å²) in [6.45, 7) is 1.20. The van der Waals surface area contributed by atoms with Gasteiger partial charge in [-0.25, -0.2) is 14.4 Å². The lowest BCUT2D eigenvalue weighted by Crippen LogP contribution is -2.57. The molecule has 1 aromatic rings. The van der Waals surface area contributed by atoms with Crippen LogP contribution in [0.5, 0.6) is 0 Å². The minimum atomic E-state index is -3.69. The topological polar surface area (TPSA) is 95.9 Å². The van der Waals surface area contributed by atoms with Gasteiger partial charge in [-0.1, -0.05) is 0 Å². The summed E-state index contributed by atoms with van der Waals surface area (Å²) in [4.78, 5) is 21.0. The van der Waals surface area contributed by atoms with Crippen molar-refractivity contribution >= 4 is 22.1 Å². The van der Waals surface area contributed by atoms with Crippen molar-refractivity contribution in [3.8, 4) is 0 Å². The fourth-order valence-corrected chi connectivity index (χ4v) is 3.97. The Morgan fingerprint density at radius 1 is 1.04 bits per heavy atom. The SMILES string of the molecule is O=C1CN(S(=O)(=O)N2CCOCC2)CCN1c1ncc(F)cn1. The first-order chi connectivity index (χ1) is 11.0. The minimum absolute atomic E-state index is 0.0693. The van der Waals surface area contributed by atoms with Crippen LogP contribution in [0.4, 0.5) is 10.3 Å². The van der Waals surface area contributed by atoms with Crippen LogP contribution in [0.15, 0.2) is 12.4 Å². The summed E-state index contributed by atoms with van der Waals surface area (Å²) in [5.41, 5.74) is 0. The lowest BCUT2D eigenvalue weighted by molar-refractivity contribution is -0.120. The first-order valence-corrected chi connectivity index (χ1v) is 8.49. The van der Waals surface area contributed by atoms with Gasteiger partial charge in [0, 0.05) is 26.2 Å². The summed E-state index contributed by atoms with van der Waals surface area (Å²) in [6, 6.07) is 0. The third-order valence-corrected chi connectivity index (χ3v) is 5.64. The maximum absolute atomic E-state index is 12.8. The maximum atomic E-state index is 12.8. The van der Waals surface area contributed by atoms with E-state index < -0.39 is 21.9 Å². The predicted octanol–water partition coefficient (Wildman–Crippen LogP) is -1.16. The molecule has 2 saturated heterocycles. The molecule has 9 nitrogen and oxygen atoms in total. The number of amides is 1. The molecule has 0 spiro atoms. The van der Waals surface area contributed by atoms with Gasteiger partial charge in [0.1, 0.15) is 0 Å². The van der Waals surface area contributed by atoms with Gasteiger partial charge in [0.2, 0.25) is 11.9 Å². The number of nitrogens with zero attached hydrogens (tertiary/aromatic N) is 5. The van der Waals surface area contributed by atoms with Crippen molar-refractivity contribution in [2.45, 2.75) is 0 Å². The molecule has 1 amide bonds. The van der Waals surface area contributed by atoms with Gasteiger partial charge in [0.25, 0.3) is 10.2 Å². The van der Waals surface area contributed by atoms with Crippen LogP contribution in [0.25, 0.3) is 0 Å². The number of ether oxygens (including phenoxy) is 1. The molecule has 2 fully saturated rings. The van der Waals surface area contributed by atoms with Crippen molar-refractivity contribution in [2.75, 3.05) is 50.8 Å². The van der Waals surface area contributed by atoms with Gasteiger partial charge in [0.05, 0.1) is 32.2 Å². The smallest absolute Gasteiger partial charge is 0.282 e. The summed E-state index contributed by atoms with van der Waals surface area (Å²) in [7, 11) is -3.69. The standard InChI is InChI=1S/C12H16FN5O4S/c13-10-7-14-12(15-8-10)18-2-1-17(9-11(18)19)23(20,21)16-3-5-22-6-4-16/h7-8H,1-6,9H2. The predicted molar refractivity (Wildman–Crippen MR) is 77.2 cm³/mol. The first-order valence-electron chi connectivity index (χ1n) is 7.09. The molecule has 0 radical (unpaired) electrons. The molecular formula is C12H16FN5O4S. The second-order valence-electron chi connectivity index (χ2n) is 5.10. The van der Waals surface area contributed by atoms with Crippen LogP contribution in [0.1, 0.15) is 0 Å². The monoisotopic (exact) mass is 345 g/mol. The molecule has 0 aliphatic carbocycles. The van der Waals surface area contributed by atoms with E-state index in [4.69, 9.17) is 4.74 Å². The molecule has 126 valence electrons. The number of aromatic nitrogens is 2. The Morgan fingerprint density at radius 3 is 2.30 bits per heavy atom. The zero-order chi connectivity index (χ0) is 16.4. The molecule has 3 heterocycles. The molecule has 2 aliphatic rings. The van der Waals surface area contributed by atoms with E-state index in [9.17, 15) is 17.6 Å². The Labute approximate surface area is 132 Å². The summed E-state index contributed by atoms with van der Waals surface area (Å²) in [5.74, 6) is -0.978. The molecule has 0 atom stereocenters. The van der Waals surface area contributed by atoms with Crippen molar-refractivity contribution in [1.29, 1.82) is 0 Å². The molecule has 3 rings (SSSR count). The highest BCUT2D eigenvalue weighted by Gasteiger charge is 2.37. The lowest BCUT2D eigenvalue weighted by atomic mass is 10.4. The summed E-state index contributed by atoms with van der Waals surface area (Å²) < 4.78 is 45.5. The molecule has 0 aromatic carbocycles. The van der Waals surface area contributed by atoms with Crippen molar-refractivity contribution in [2.24, 2.45) is 0 Å². The van der Waals surface area contributed by atoms with E-state index >= 15 is 0 Å². The molecule has 0 saturated carbocycles. The van der Waals surface area contributed by atoms with Crippen LogP contribution in [-0.4, -0.2) is 78.8 Å². The Balaban J connectivity index is 1.70. The Bertz CT molecular complexity index is 677. The number of morpholine rings is 1. The molecule has 23 heavy (non-hydrogen) atoms. The fraction of sp³-hybridized carbons (Fsp3) is 0.583. The molecule has 0 N–H and O–H groups in total. The van der Waals surface area contributed by atoms with Gasteiger partial charge in [-0.2, -0.15) is 17.0 Å². The highest BCUT2D eigenvalue weighted by atomic mass is 32.2. The van der Waals surface area contributed by atoms with Crippen molar-refractivity contribution in [3.63, 3.8) is 0 Å². The van der Waals surface area contributed by atoms with E-state index in [1.54, 1.807) is 0 Å². The molecule has 0 unspecified atom stereocenters. The summed E-state index contributed by atoms with van der Waals surface area (Å²) in [6.07, 6.45) is 1.93. The summed E-state index contributed by atoms with van der Waals surface area (Å²) in [5, 5.41) is 0. The van der Waals surface area contributed by atoms with E-state index in [-0.39, 0.29) is 38.7 Å². The second-order valence-corrected chi connectivity index (χ2v) is 7.03. The third kappa shape index (κ3) is 3.32. The van der Waals surface area contributed by atoms with Crippen molar-refractivity contribution < 1.29 is 22.3 Å². The number of anilines is 1. The van der Waals surface area contributed by atoms with E-state index in [2.05, 4.69) is 9.97 Å². The average Bonchev–Trinajstić information content (AvgIpc) is 2.56. The first kappa shape index (κ1) is 16.2. The van der Waals surface area contributed by atoms with Gasteiger partial charge >= 0.3 is 0 Å². The van der Waals surface area contributed by atoms with E-state index in [1.807, 2.05) is 0 Å². The Hall–Kier alpha value is -1.69. The van der Waals surface area contributed by atoms with Gasteiger partial charge in [0.15, 0.2) is 5.82 Å². The summed E-state index contributed by atoms with van der Waals surface area (Å²) >= 11 is 0. The van der Waals surface area contributed by atoms with Crippen LogP contribution >= 0.6 is 0 Å². The van der Waals surface area contributed by atoms with E-state index in [0.29, 0.717) is 13.2 Å². The number of hydrogen-bond acceptors (Lipinski definition) is 6. The highest BCUT2D eigenvalue weighted by Crippen LogP contribution is 2.17. The van der Waals surface area contributed by atoms with E-state index in [0.717, 1.165) is 16.7 Å². The molecular weight excluding hydrogens is 329 g/mol.